The molecule has 1 heterocycles. The molecule has 4 rings (SSSR count). The molecule has 14 heteroatoms. The first-order valence-corrected chi connectivity index (χ1v) is 14.1. The normalized spacial score (nSPS) is 15.9. The molecule has 0 spiro atoms. The number of hydrogen-bond donors (Lipinski definition) is 2. The van der Waals surface area contributed by atoms with Crippen molar-refractivity contribution in [2.75, 3.05) is 11.6 Å². The molecule has 0 radical (unpaired) electrons. The van der Waals surface area contributed by atoms with Crippen LogP contribution in [0.2, 0.25) is 5.02 Å². The van der Waals surface area contributed by atoms with Crippen LogP contribution in [0.15, 0.2) is 57.8 Å². The summed E-state index contributed by atoms with van der Waals surface area (Å²) in [6, 6.07) is 9.13. The smallest absolute Gasteiger partial charge is 0.417 e. The van der Waals surface area contributed by atoms with Gasteiger partial charge in [0.2, 0.25) is 5.95 Å². The average Bonchev–Trinajstić information content (AvgIpc) is 2.84. The van der Waals surface area contributed by atoms with Gasteiger partial charge in [-0.15, -0.1) is 0 Å². The Labute approximate surface area is 232 Å². The van der Waals surface area contributed by atoms with E-state index in [9.17, 15) is 31.4 Å². The number of ether oxygens (including phenoxy) is 1. The van der Waals surface area contributed by atoms with E-state index in [-0.39, 0.29) is 27.6 Å². The number of carbonyl (C=O) groups is 2. The van der Waals surface area contributed by atoms with Gasteiger partial charge in [-0.3, -0.25) is 9.59 Å². The predicted octanol–water partition coefficient (Wildman–Crippen LogP) is 6.11. The van der Waals surface area contributed by atoms with Gasteiger partial charge in [0.25, 0.3) is 11.8 Å². The number of amides is 2. The maximum atomic E-state index is 13.6. The highest BCUT2D eigenvalue weighted by Gasteiger charge is 2.41. The Morgan fingerprint density at radius 2 is 1.85 bits per heavy atom. The van der Waals surface area contributed by atoms with Crippen molar-refractivity contribution in [2.45, 2.75) is 42.8 Å². The van der Waals surface area contributed by atoms with Crippen molar-refractivity contribution in [2.24, 2.45) is 10.1 Å². The minimum atomic E-state index is -4.86. The molecule has 1 atom stereocenters. The van der Waals surface area contributed by atoms with Gasteiger partial charge in [0.1, 0.15) is 11.5 Å². The third-order valence-electron chi connectivity index (χ3n) is 6.30. The van der Waals surface area contributed by atoms with Crippen LogP contribution in [0.5, 0.6) is 11.5 Å². The molecule has 1 aliphatic rings. The molecule has 0 bridgehead atoms. The zero-order valence-corrected chi connectivity index (χ0v) is 22.7. The van der Waals surface area contributed by atoms with Gasteiger partial charge >= 0.3 is 6.18 Å². The number of nitrogens with zero attached hydrogens (tertiary/aromatic N) is 2. The monoisotopic (exact) mass is 598 g/mol. The van der Waals surface area contributed by atoms with Crippen LogP contribution >= 0.6 is 11.6 Å². The van der Waals surface area contributed by atoms with E-state index in [0.717, 1.165) is 24.6 Å². The van der Waals surface area contributed by atoms with Crippen molar-refractivity contribution in [1.29, 1.82) is 0 Å². The minimum absolute atomic E-state index is 0.0275. The number of halogens is 5. The second-order valence-electron chi connectivity index (χ2n) is 9.34. The van der Waals surface area contributed by atoms with Crippen LogP contribution in [0.25, 0.3) is 0 Å². The number of nitrogens with one attached hydrogen (secondary N) is 1. The zero-order valence-electron chi connectivity index (χ0n) is 21.1. The van der Waals surface area contributed by atoms with E-state index in [0.29, 0.717) is 18.9 Å². The topological polar surface area (TPSA) is 124 Å². The lowest BCUT2D eigenvalue weighted by Crippen LogP contribution is -2.53. The highest BCUT2D eigenvalue weighted by atomic mass is 35.5. The van der Waals surface area contributed by atoms with Crippen LogP contribution in [0.1, 0.15) is 40.9 Å². The number of benzene rings is 2. The molecule has 1 aromatic heterocycles. The molecule has 1 saturated carbocycles. The molecule has 0 unspecified atom stereocenters. The quantitative estimate of drug-likeness (QED) is 0.261. The Balaban J connectivity index is 1.68. The fourth-order valence-electron chi connectivity index (χ4n) is 3.86. The van der Waals surface area contributed by atoms with E-state index in [1.807, 2.05) is 0 Å². The summed E-state index contributed by atoms with van der Waals surface area (Å²) in [4.78, 5) is 29.4. The molecule has 0 aliphatic heterocycles. The minimum Gasteiger partial charge on any atom is -0.455 e. The van der Waals surface area contributed by atoms with Crippen LogP contribution in [0, 0.1) is 12.9 Å². The molecule has 212 valence electrons. The van der Waals surface area contributed by atoms with Crippen LogP contribution in [-0.4, -0.2) is 32.8 Å². The van der Waals surface area contributed by atoms with Gasteiger partial charge in [0.15, 0.2) is 0 Å². The Hall–Kier alpha value is -3.55. The number of aromatic nitrogens is 1. The summed E-state index contributed by atoms with van der Waals surface area (Å²) in [6.07, 6.45) is -1.96. The average molecular weight is 599 g/mol. The molecule has 3 N–H and O–H groups in total. The SMILES string of the molecule is Cc1nc(F)ccc1Oc1cc(C(F)(F)F)c(Cl)cc1C(=O)Nc1cccc([S@@](C)(=O)=NC(=O)C2(N)CCC2)c1. The first kappa shape index (κ1) is 29.4. The summed E-state index contributed by atoms with van der Waals surface area (Å²) >= 11 is 5.87. The molecule has 0 saturated heterocycles. The molecule has 1 aliphatic carbocycles. The highest BCUT2D eigenvalue weighted by Crippen LogP contribution is 2.40. The van der Waals surface area contributed by atoms with Gasteiger partial charge in [0.05, 0.1) is 37.1 Å². The number of alkyl halides is 3. The fraction of sp³-hybridized carbons (Fsp3) is 0.269. The lowest BCUT2D eigenvalue weighted by atomic mass is 9.77. The number of carbonyl (C=O) groups excluding carboxylic acids is 2. The summed E-state index contributed by atoms with van der Waals surface area (Å²) in [5, 5.41) is 1.74. The van der Waals surface area contributed by atoms with E-state index in [2.05, 4.69) is 14.7 Å². The van der Waals surface area contributed by atoms with Crippen molar-refractivity contribution in [3.8, 4) is 11.5 Å². The molecule has 2 amide bonds. The Morgan fingerprint density at radius 3 is 2.45 bits per heavy atom. The summed E-state index contributed by atoms with van der Waals surface area (Å²) < 4.78 is 76.7. The number of aryl methyl sites for hydroxylation is 1. The number of rotatable bonds is 6. The molecule has 8 nitrogen and oxygen atoms in total. The molecular weight excluding hydrogens is 576 g/mol. The predicted molar refractivity (Wildman–Crippen MR) is 140 cm³/mol. The fourth-order valence-corrected chi connectivity index (χ4v) is 5.41. The summed E-state index contributed by atoms with van der Waals surface area (Å²) in [5.74, 6) is -3.02. The lowest BCUT2D eigenvalue weighted by Gasteiger charge is -2.34. The number of nitrogens with two attached hydrogens (primary N) is 1. The van der Waals surface area contributed by atoms with Crippen LogP contribution in [-0.2, 0) is 20.7 Å². The highest BCUT2D eigenvalue weighted by molar-refractivity contribution is 7.93. The molecule has 3 aromatic rings. The summed E-state index contributed by atoms with van der Waals surface area (Å²) in [7, 11) is -3.24. The lowest BCUT2D eigenvalue weighted by molar-refractivity contribution is -0.137. The number of pyridine rings is 1. The van der Waals surface area contributed by atoms with Gasteiger partial charge in [-0.1, -0.05) is 17.7 Å². The summed E-state index contributed by atoms with van der Waals surface area (Å²) in [6.45, 7) is 1.37. The maximum absolute atomic E-state index is 13.6. The van der Waals surface area contributed by atoms with Gasteiger partial charge in [-0.05, 0) is 68.7 Å². The molecule has 1 fully saturated rings. The van der Waals surface area contributed by atoms with E-state index < -0.39 is 55.5 Å². The third-order valence-corrected chi connectivity index (χ3v) is 8.26. The van der Waals surface area contributed by atoms with E-state index in [1.54, 1.807) is 0 Å². The van der Waals surface area contributed by atoms with Crippen molar-refractivity contribution in [3.63, 3.8) is 0 Å². The Morgan fingerprint density at radius 1 is 1.15 bits per heavy atom. The molecule has 40 heavy (non-hydrogen) atoms. The Kier molecular flexibility index (Phi) is 7.94. The van der Waals surface area contributed by atoms with Crippen LogP contribution in [0.4, 0.5) is 23.2 Å². The third kappa shape index (κ3) is 6.26. The van der Waals surface area contributed by atoms with Crippen molar-refractivity contribution in [1.82, 2.24) is 4.98 Å². The summed E-state index contributed by atoms with van der Waals surface area (Å²) in [5.41, 5.74) is 3.35. The van der Waals surface area contributed by atoms with Crippen molar-refractivity contribution < 1.29 is 36.1 Å². The first-order chi connectivity index (χ1) is 18.6. The maximum Gasteiger partial charge on any atom is 0.417 e. The van der Waals surface area contributed by atoms with Crippen LogP contribution in [0.3, 0.4) is 0 Å². The number of hydrogen-bond acceptors (Lipinski definition) is 6. The largest absolute Gasteiger partial charge is 0.455 e. The van der Waals surface area contributed by atoms with Crippen molar-refractivity contribution >= 4 is 38.8 Å². The second-order valence-corrected chi connectivity index (χ2v) is 12.0. The standard InChI is InChI=1S/C26H23ClF4N4O4S/c1-14-20(7-8-22(28)33-14)39-21-13-18(26(29,30)31)19(27)12-17(21)23(36)34-15-5-3-6-16(11-15)40(2,38)35-24(37)25(32)9-4-10-25/h3,5-8,11-13H,4,9-10,32H2,1-2H3,(H,34,36)/t40-/m1/s1. The van der Waals surface area contributed by atoms with Gasteiger partial charge in [-0.25, -0.2) is 9.19 Å². The van der Waals surface area contributed by atoms with Crippen LogP contribution < -0.4 is 15.8 Å². The Bertz CT molecular complexity index is 1630. The second kappa shape index (κ2) is 10.8. The van der Waals surface area contributed by atoms with E-state index in [4.69, 9.17) is 22.1 Å². The van der Waals surface area contributed by atoms with Gasteiger partial charge in [-0.2, -0.15) is 21.9 Å². The van der Waals surface area contributed by atoms with Crippen molar-refractivity contribution in [3.05, 3.63) is 76.3 Å². The molecular formula is C26H23ClF4N4O4S. The zero-order chi connectivity index (χ0) is 29.5. The van der Waals surface area contributed by atoms with Gasteiger partial charge in [0, 0.05) is 16.8 Å². The van der Waals surface area contributed by atoms with E-state index >= 15 is 0 Å². The van der Waals surface area contributed by atoms with Gasteiger partial charge < -0.3 is 15.8 Å². The first-order valence-electron chi connectivity index (χ1n) is 11.8. The van der Waals surface area contributed by atoms with E-state index in [1.165, 1.54) is 37.4 Å². The number of anilines is 1. The molecule has 2 aromatic carbocycles.